The highest BCUT2D eigenvalue weighted by Gasteiger charge is 1.99. The molecule has 2 aromatic carbocycles. The second-order valence-corrected chi connectivity index (χ2v) is 3.63. The molecule has 0 saturated carbocycles. The highest BCUT2D eigenvalue weighted by atomic mass is 79.9. The van der Waals surface area contributed by atoms with Gasteiger partial charge < -0.3 is 4.74 Å². The molecular formula is C12H8BrO. The van der Waals surface area contributed by atoms with Crippen LogP contribution in [0.2, 0.25) is 0 Å². The fraction of sp³-hybridized carbons (Fsp3) is 0. The van der Waals surface area contributed by atoms with E-state index in [0.29, 0.717) is 0 Å². The monoisotopic (exact) mass is 247 g/mol. The smallest absolute Gasteiger partial charge is 0.142 e. The fourth-order valence-corrected chi connectivity index (χ4v) is 1.42. The van der Waals surface area contributed by atoms with E-state index < -0.39 is 0 Å². The van der Waals surface area contributed by atoms with Crippen molar-refractivity contribution < 1.29 is 4.74 Å². The van der Waals surface area contributed by atoms with E-state index in [2.05, 4.69) is 22.0 Å². The minimum absolute atomic E-state index is 0.777. The van der Waals surface area contributed by atoms with Crippen LogP contribution in [0.25, 0.3) is 0 Å². The summed E-state index contributed by atoms with van der Waals surface area (Å²) in [5.74, 6) is 1.60. The van der Waals surface area contributed by atoms with Crippen molar-refractivity contribution in [2.45, 2.75) is 0 Å². The highest BCUT2D eigenvalue weighted by Crippen LogP contribution is 2.28. The van der Waals surface area contributed by atoms with E-state index in [-0.39, 0.29) is 0 Å². The van der Waals surface area contributed by atoms with Crippen molar-refractivity contribution in [2.24, 2.45) is 0 Å². The Hall–Kier alpha value is -1.28. The third-order valence-electron chi connectivity index (χ3n) is 1.75. The van der Waals surface area contributed by atoms with Gasteiger partial charge >= 0.3 is 0 Å². The Kier molecular flexibility index (Phi) is 2.84. The molecule has 0 atom stereocenters. The van der Waals surface area contributed by atoms with Crippen LogP contribution in [0.4, 0.5) is 0 Å². The molecule has 0 aliphatic heterocycles. The molecule has 1 nitrogen and oxygen atoms in total. The van der Waals surface area contributed by atoms with E-state index in [1.807, 2.05) is 42.5 Å². The molecule has 0 unspecified atom stereocenters. The molecule has 0 heterocycles. The maximum absolute atomic E-state index is 5.63. The minimum atomic E-state index is 0.777. The molecule has 0 aromatic heterocycles. The lowest BCUT2D eigenvalue weighted by atomic mass is 10.3. The highest BCUT2D eigenvalue weighted by molar-refractivity contribution is 9.10. The van der Waals surface area contributed by atoms with Crippen LogP contribution in [0.3, 0.4) is 0 Å². The first-order valence-corrected chi connectivity index (χ1v) is 5.04. The zero-order valence-electron chi connectivity index (χ0n) is 7.41. The lowest BCUT2D eigenvalue weighted by Crippen LogP contribution is -1.83. The van der Waals surface area contributed by atoms with Gasteiger partial charge in [0.15, 0.2) is 0 Å². The maximum Gasteiger partial charge on any atom is 0.142 e. The average molecular weight is 248 g/mol. The number of rotatable bonds is 2. The van der Waals surface area contributed by atoms with E-state index >= 15 is 0 Å². The van der Waals surface area contributed by atoms with Crippen LogP contribution < -0.4 is 4.74 Å². The van der Waals surface area contributed by atoms with E-state index in [1.54, 1.807) is 6.07 Å². The number of halogens is 1. The molecule has 1 radical (unpaired) electrons. The van der Waals surface area contributed by atoms with Crippen molar-refractivity contribution in [3.8, 4) is 11.5 Å². The van der Waals surface area contributed by atoms with Crippen LogP contribution >= 0.6 is 15.9 Å². The summed E-state index contributed by atoms with van der Waals surface area (Å²) < 4.78 is 6.56. The Balaban J connectivity index is 2.24. The predicted octanol–water partition coefficient (Wildman–Crippen LogP) is 4.04. The molecule has 0 saturated heterocycles. The van der Waals surface area contributed by atoms with Crippen LogP contribution in [0, 0.1) is 6.07 Å². The first-order chi connectivity index (χ1) is 6.86. The predicted molar refractivity (Wildman–Crippen MR) is 59.5 cm³/mol. The van der Waals surface area contributed by atoms with Gasteiger partial charge in [0.05, 0.1) is 4.47 Å². The number of ether oxygens (including phenoxy) is 1. The molecule has 0 spiro atoms. The van der Waals surface area contributed by atoms with Gasteiger partial charge in [0, 0.05) is 0 Å². The molecule has 0 aliphatic rings. The van der Waals surface area contributed by atoms with Crippen molar-refractivity contribution in [2.75, 3.05) is 0 Å². The topological polar surface area (TPSA) is 9.23 Å². The van der Waals surface area contributed by atoms with E-state index in [1.165, 1.54) is 0 Å². The van der Waals surface area contributed by atoms with Crippen LogP contribution in [0.1, 0.15) is 0 Å². The van der Waals surface area contributed by atoms with Crippen LogP contribution in [-0.2, 0) is 0 Å². The molecule has 2 aromatic rings. The lowest BCUT2D eigenvalue weighted by molar-refractivity contribution is 0.479. The summed E-state index contributed by atoms with van der Waals surface area (Å²) in [6, 6.07) is 18.2. The summed E-state index contributed by atoms with van der Waals surface area (Å²) in [5, 5.41) is 0. The Morgan fingerprint density at radius 1 is 1.07 bits per heavy atom. The molecule has 14 heavy (non-hydrogen) atoms. The third-order valence-corrected chi connectivity index (χ3v) is 2.40. The van der Waals surface area contributed by atoms with Crippen LogP contribution in [0.15, 0.2) is 53.0 Å². The largest absolute Gasteiger partial charge is 0.456 e. The third kappa shape index (κ3) is 2.15. The number of hydrogen-bond acceptors (Lipinski definition) is 1. The fourth-order valence-electron chi connectivity index (χ4n) is 1.09. The van der Waals surface area contributed by atoms with Gasteiger partial charge in [-0.15, -0.1) is 0 Å². The van der Waals surface area contributed by atoms with E-state index in [4.69, 9.17) is 4.74 Å². The second kappa shape index (κ2) is 4.29. The molecular weight excluding hydrogens is 240 g/mol. The van der Waals surface area contributed by atoms with Gasteiger partial charge in [-0.2, -0.15) is 0 Å². The van der Waals surface area contributed by atoms with E-state index in [9.17, 15) is 0 Å². The van der Waals surface area contributed by atoms with Crippen molar-refractivity contribution in [3.63, 3.8) is 0 Å². The Labute approximate surface area is 91.5 Å². The zero-order chi connectivity index (χ0) is 9.80. The van der Waals surface area contributed by atoms with Crippen molar-refractivity contribution >= 4 is 15.9 Å². The normalized spacial score (nSPS) is 9.79. The summed E-state index contributed by atoms with van der Waals surface area (Å²) >= 11 is 3.41. The first-order valence-electron chi connectivity index (χ1n) is 4.25. The molecule has 0 bridgehead atoms. The Bertz CT molecular complexity index is 412. The van der Waals surface area contributed by atoms with E-state index in [0.717, 1.165) is 16.0 Å². The zero-order valence-corrected chi connectivity index (χ0v) is 8.99. The van der Waals surface area contributed by atoms with Crippen molar-refractivity contribution in [3.05, 3.63) is 59.1 Å². The van der Waals surface area contributed by atoms with Crippen molar-refractivity contribution in [1.29, 1.82) is 0 Å². The van der Waals surface area contributed by atoms with Gasteiger partial charge in [-0.05, 0) is 46.3 Å². The summed E-state index contributed by atoms with van der Waals surface area (Å²) in [6.07, 6.45) is 0. The SMILES string of the molecule is Brc1cc[c]cc1Oc1ccccc1. The molecule has 0 amide bonds. The molecule has 0 N–H and O–H groups in total. The Morgan fingerprint density at radius 3 is 2.57 bits per heavy atom. The molecule has 2 rings (SSSR count). The maximum atomic E-state index is 5.63. The second-order valence-electron chi connectivity index (χ2n) is 2.77. The lowest BCUT2D eigenvalue weighted by Gasteiger charge is -2.06. The molecule has 69 valence electrons. The quantitative estimate of drug-likeness (QED) is 0.779. The summed E-state index contributed by atoms with van der Waals surface area (Å²) in [6.45, 7) is 0. The van der Waals surface area contributed by atoms with Gasteiger partial charge in [-0.3, -0.25) is 0 Å². The van der Waals surface area contributed by atoms with Gasteiger partial charge in [0.25, 0.3) is 0 Å². The minimum Gasteiger partial charge on any atom is -0.456 e. The summed E-state index contributed by atoms with van der Waals surface area (Å²) in [7, 11) is 0. The van der Waals surface area contributed by atoms with Crippen LogP contribution in [-0.4, -0.2) is 0 Å². The number of hydrogen-bond donors (Lipinski definition) is 0. The first kappa shape index (κ1) is 9.28. The summed E-state index contributed by atoms with van der Waals surface area (Å²) in [5.41, 5.74) is 0. The standard InChI is InChI=1S/C12H8BrO/c13-11-8-4-5-9-12(11)14-10-6-2-1-3-7-10/h1-4,6-9H. The number of benzene rings is 2. The van der Waals surface area contributed by atoms with Crippen molar-refractivity contribution in [1.82, 2.24) is 0 Å². The Morgan fingerprint density at radius 2 is 1.86 bits per heavy atom. The van der Waals surface area contributed by atoms with Gasteiger partial charge in [-0.1, -0.05) is 24.3 Å². The average Bonchev–Trinajstić information content (AvgIpc) is 2.23. The van der Waals surface area contributed by atoms with Gasteiger partial charge in [-0.25, -0.2) is 0 Å². The summed E-state index contributed by atoms with van der Waals surface area (Å²) in [4.78, 5) is 0. The van der Waals surface area contributed by atoms with Crippen LogP contribution in [0.5, 0.6) is 11.5 Å². The number of para-hydroxylation sites is 1. The van der Waals surface area contributed by atoms with Gasteiger partial charge in [0.1, 0.15) is 11.5 Å². The molecule has 0 fully saturated rings. The molecule has 2 heteroatoms. The molecule has 0 aliphatic carbocycles. The van der Waals surface area contributed by atoms with Gasteiger partial charge in [0.2, 0.25) is 0 Å².